The zero-order valence-electron chi connectivity index (χ0n) is 11.3. The van der Waals surface area contributed by atoms with Gasteiger partial charge >= 0.3 is 0 Å². The highest BCUT2D eigenvalue weighted by molar-refractivity contribution is 7.21. The van der Waals surface area contributed by atoms with E-state index in [4.69, 9.17) is 10.5 Å². The normalized spacial score (nSPS) is 12.5. The summed E-state index contributed by atoms with van der Waals surface area (Å²) < 4.78 is 5.82. The molecule has 1 amide bonds. The Kier molecular flexibility index (Phi) is 4.94. The molecule has 1 unspecified atom stereocenters. The van der Waals surface area contributed by atoms with E-state index in [1.54, 1.807) is 0 Å². The predicted molar refractivity (Wildman–Crippen MR) is 81.1 cm³/mol. The molecule has 6 heteroatoms. The number of nitrogens with two attached hydrogens (primary N) is 1. The van der Waals surface area contributed by atoms with Crippen LogP contribution in [0.4, 0.5) is 5.69 Å². The number of ether oxygens (including phenoxy) is 1. The predicted octanol–water partition coefficient (Wildman–Crippen LogP) is 1.61. The number of amides is 1. The molecule has 5 nitrogen and oxygen atoms in total. The highest BCUT2D eigenvalue weighted by Crippen LogP contribution is 2.33. The summed E-state index contributed by atoms with van der Waals surface area (Å²) in [6.45, 7) is 0.651. The summed E-state index contributed by atoms with van der Waals surface area (Å²) in [6.07, 6.45) is -0.121. The summed E-state index contributed by atoms with van der Waals surface area (Å²) in [5, 5.41) is 13.2. The van der Waals surface area contributed by atoms with Crippen molar-refractivity contribution in [2.24, 2.45) is 0 Å². The van der Waals surface area contributed by atoms with Gasteiger partial charge in [-0.2, -0.15) is 0 Å². The summed E-state index contributed by atoms with van der Waals surface area (Å²) in [5.41, 5.74) is 6.51. The summed E-state index contributed by atoms with van der Waals surface area (Å²) in [7, 11) is 1.53. The number of fused-ring (bicyclic) bond motifs is 1. The van der Waals surface area contributed by atoms with E-state index in [1.807, 2.05) is 24.3 Å². The molecular formula is C14H18N2O3S. The van der Waals surface area contributed by atoms with Crippen LogP contribution in [-0.4, -0.2) is 37.4 Å². The Balaban J connectivity index is 1.99. The Labute approximate surface area is 121 Å². The third-order valence-electron chi connectivity index (χ3n) is 2.96. The molecule has 0 aliphatic heterocycles. The van der Waals surface area contributed by atoms with Crippen molar-refractivity contribution in [3.8, 4) is 0 Å². The van der Waals surface area contributed by atoms with Crippen LogP contribution in [0.15, 0.2) is 24.3 Å². The molecule has 0 bridgehead atoms. The summed E-state index contributed by atoms with van der Waals surface area (Å²) in [5.74, 6) is -0.201. The Morgan fingerprint density at radius 2 is 2.25 bits per heavy atom. The molecule has 0 saturated carbocycles. The van der Waals surface area contributed by atoms with Gasteiger partial charge in [0.05, 0.1) is 18.4 Å². The minimum absolute atomic E-state index is 0.201. The van der Waals surface area contributed by atoms with Gasteiger partial charge in [-0.3, -0.25) is 4.79 Å². The maximum atomic E-state index is 12.1. The van der Waals surface area contributed by atoms with Gasteiger partial charge < -0.3 is 20.9 Å². The molecule has 108 valence electrons. The van der Waals surface area contributed by atoms with E-state index in [1.165, 1.54) is 18.4 Å². The van der Waals surface area contributed by atoms with Gasteiger partial charge in [0.15, 0.2) is 0 Å². The van der Waals surface area contributed by atoms with Crippen LogP contribution in [0.25, 0.3) is 10.1 Å². The van der Waals surface area contributed by atoms with Crippen LogP contribution < -0.4 is 11.1 Å². The molecule has 0 aliphatic rings. The molecule has 0 aliphatic carbocycles. The van der Waals surface area contributed by atoms with Crippen LogP contribution in [0.3, 0.4) is 0 Å². The monoisotopic (exact) mass is 294 g/mol. The Bertz CT molecular complexity index is 597. The number of aliphatic hydroxyl groups is 1. The van der Waals surface area contributed by atoms with Crippen molar-refractivity contribution in [2.75, 3.05) is 26.0 Å². The molecule has 1 heterocycles. The van der Waals surface area contributed by atoms with Crippen LogP contribution in [0.1, 0.15) is 16.1 Å². The highest BCUT2D eigenvalue weighted by Gasteiger charge is 2.15. The first-order valence-corrected chi connectivity index (χ1v) is 7.17. The number of aliphatic hydroxyl groups excluding tert-OH is 1. The van der Waals surface area contributed by atoms with Gasteiger partial charge in [0.1, 0.15) is 4.88 Å². The number of benzene rings is 1. The Morgan fingerprint density at radius 1 is 1.50 bits per heavy atom. The highest BCUT2D eigenvalue weighted by atomic mass is 32.1. The van der Waals surface area contributed by atoms with E-state index < -0.39 is 6.10 Å². The minimum atomic E-state index is -0.569. The van der Waals surface area contributed by atoms with Crippen molar-refractivity contribution in [1.29, 1.82) is 0 Å². The van der Waals surface area contributed by atoms with Crippen molar-refractivity contribution < 1.29 is 14.6 Å². The van der Waals surface area contributed by atoms with Crippen LogP contribution in [-0.2, 0) is 4.74 Å². The van der Waals surface area contributed by atoms with Crippen molar-refractivity contribution in [3.63, 3.8) is 0 Å². The lowest BCUT2D eigenvalue weighted by atomic mass is 10.2. The number of thiophene rings is 1. The topological polar surface area (TPSA) is 84.6 Å². The van der Waals surface area contributed by atoms with Crippen molar-refractivity contribution in [2.45, 2.75) is 12.5 Å². The molecule has 1 atom stereocenters. The van der Waals surface area contributed by atoms with E-state index in [9.17, 15) is 9.90 Å². The van der Waals surface area contributed by atoms with Gasteiger partial charge in [0.25, 0.3) is 5.91 Å². The fraction of sp³-hybridized carbons (Fsp3) is 0.357. The van der Waals surface area contributed by atoms with E-state index in [2.05, 4.69) is 5.32 Å². The largest absolute Gasteiger partial charge is 0.397 e. The molecule has 2 rings (SSSR count). The van der Waals surface area contributed by atoms with Gasteiger partial charge in [0.2, 0.25) is 0 Å². The van der Waals surface area contributed by atoms with E-state index in [-0.39, 0.29) is 12.5 Å². The van der Waals surface area contributed by atoms with E-state index >= 15 is 0 Å². The van der Waals surface area contributed by atoms with Crippen LogP contribution in [0.2, 0.25) is 0 Å². The van der Waals surface area contributed by atoms with Crippen molar-refractivity contribution in [1.82, 2.24) is 5.32 Å². The first kappa shape index (κ1) is 14.8. The number of carbonyl (C=O) groups excluding carboxylic acids is 1. The van der Waals surface area contributed by atoms with Gasteiger partial charge in [-0.05, 0) is 12.5 Å². The second kappa shape index (κ2) is 6.69. The number of carbonyl (C=O) groups is 1. The third-order valence-corrected chi connectivity index (χ3v) is 4.15. The average Bonchev–Trinajstić information content (AvgIpc) is 2.77. The molecule has 2 aromatic rings. The number of nitrogens with one attached hydrogen (secondary N) is 1. The quantitative estimate of drug-likeness (QED) is 0.755. The number of nitrogen functional groups attached to an aromatic ring is 1. The third kappa shape index (κ3) is 3.27. The molecule has 0 radical (unpaired) electrons. The Hall–Kier alpha value is -1.63. The fourth-order valence-electron chi connectivity index (χ4n) is 1.94. The molecule has 0 fully saturated rings. The van der Waals surface area contributed by atoms with Gasteiger partial charge in [0, 0.05) is 23.7 Å². The van der Waals surface area contributed by atoms with E-state index in [0.717, 1.165) is 10.1 Å². The first-order valence-electron chi connectivity index (χ1n) is 6.35. The number of rotatable bonds is 6. The van der Waals surface area contributed by atoms with E-state index in [0.29, 0.717) is 23.5 Å². The van der Waals surface area contributed by atoms with Gasteiger partial charge in [-0.1, -0.05) is 18.2 Å². The van der Waals surface area contributed by atoms with Crippen molar-refractivity contribution >= 4 is 33.0 Å². The summed E-state index contributed by atoms with van der Waals surface area (Å²) in [6, 6.07) is 7.66. The minimum Gasteiger partial charge on any atom is -0.397 e. The molecule has 0 saturated heterocycles. The lowest BCUT2D eigenvalue weighted by Gasteiger charge is -2.09. The number of hydrogen-bond acceptors (Lipinski definition) is 5. The standard InChI is InChI=1S/C14H18N2O3S/c1-19-8-9(17)6-7-16-14(18)13-12(15)10-4-2-3-5-11(10)20-13/h2-5,9,17H,6-8,15H2,1H3,(H,16,18). The Morgan fingerprint density at radius 3 is 2.95 bits per heavy atom. The van der Waals surface area contributed by atoms with Gasteiger partial charge in [-0.25, -0.2) is 0 Å². The first-order chi connectivity index (χ1) is 9.63. The zero-order chi connectivity index (χ0) is 14.5. The second-order valence-corrected chi connectivity index (χ2v) is 5.55. The average molecular weight is 294 g/mol. The molecule has 20 heavy (non-hydrogen) atoms. The van der Waals surface area contributed by atoms with Crippen LogP contribution in [0, 0.1) is 0 Å². The zero-order valence-corrected chi connectivity index (χ0v) is 12.1. The van der Waals surface area contributed by atoms with Crippen molar-refractivity contribution in [3.05, 3.63) is 29.1 Å². The lowest BCUT2D eigenvalue weighted by Crippen LogP contribution is -2.28. The lowest BCUT2D eigenvalue weighted by molar-refractivity contribution is 0.0588. The molecule has 0 spiro atoms. The molecule has 1 aromatic carbocycles. The molecule has 4 N–H and O–H groups in total. The molecule has 1 aromatic heterocycles. The van der Waals surface area contributed by atoms with Gasteiger partial charge in [-0.15, -0.1) is 11.3 Å². The second-order valence-electron chi connectivity index (χ2n) is 4.49. The number of hydrogen-bond donors (Lipinski definition) is 3. The summed E-state index contributed by atoms with van der Waals surface area (Å²) >= 11 is 1.38. The smallest absolute Gasteiger partial charge is 0.263 e. The molecular weight excluding hydrogens is 276 g/mol. The SMILES string of the molecule is COCC(O)CCNC(=O)c1sc2ccccc2c1N. The summed E-state index contributed by atoms with van der Waals surface area (Å²) in [4.78, 5) is 12.6. The number of anilines is 1. The van der Waals surface area contributed by atoms with Crippen LogP contribution >= 0.6 is 11.3 Å². The maximum Gasteiger partial charge on any atom is 0.263 e. The fourth-order valence-corrected chi connectivity index (χ4v) is 2.98. The number of methoxy groups -OCH3 is 1. The van der Waals surface area contributed by atoms with Crippen LogP contribution in [0.5, 0.6) is 0 Å². The maximum absolute atomic E-state index is 12.1.